The Balaban J connectivity index is 2.57. The smallest absolute Gasteiger partial charge is 0.305 e. The fourth-order valence-corrected chi connectivity index (χ4v) is 2.74. The molecule has 0 fully saturated rings. The van der Waals surface area contributed by atoms with Gasteiger partial charge in [-0.3, -0.25) is 4.79 Å². The Bertz CT molecular complexity index is 559. The van der Waals surface area contributed by atoms with E-state index in [4.69, 9.17) is 4.74 Å². The van der Waals surface area contributed by atoms with Gasteiger partial charge in [-0.15, -0.1) is 0 Å². The minimum absolute atomic E-state index is 0.0421. The highest BCUT2D eigenvalue weighted by molar-refractivity contribution is 5.69. The van der Waals surface area contributed by atoms with E-state index in [9.17, 15) is 9.90 Å². The summed E-state index contributed by atoms with van der Waals surface area (Å²) in [5, 5.41) is 13.0. The van der Waals surface area contributed by atoms with Gasteiger partial charge in [0, 0.05) is 24.3 Å². The first-order chi connectivity index (χ1) is 12.1. The molecule has 0 aromatic heterocycles. The molecule has 0 aliphatic heterocycles. The number of aryl methyl sites for hydroxylation is 1. The molecule has 0 bridgehead atoms. The van der Waals surface area contributed by atoms with Crippen molar-refractivity contribution in [3.05, 3.63) is 29.3 Å². The number of methoxy groups -OCH3 is 1. The maximum atomic E-state index is 11.3. The number of hydrogen-bond donors (Lipinski definition) is 2. The zero-order valence-electron chi connectivity index (χ0n) is 17.1. The number of aliphatic hydroxyl groups excluding tert-OH is 1. The van der Waals surface area contributed by atoms with Crippen LogP contribution < -0.4 is 5.32 Å². The Hall–Kier alpha value is -1.59. The van der Waals surface area contributed by atoms with Crippen molar-refractivity contribution in [1.29, 1.82) is 0 Å². The van der Waals surface area contributed by atoms with Crippen LogP contribution in [-0.4, -0.2) is 35.9 Å². The van der Waals surface area contributed by atoms with Gasteiger partial charge in [-0.1, -0.05) is 13.0 Å². The van der Waals surface area contributed by atoms with Gasteiger partial charge < -0.3 is 19.9 Å². The molecule has 2 N–H and O–H groups in total. The molecule has 1 rings (SSSR count). The predicted octanol–water partition coefficient (Wildman–Crippen LogP) is 4.07. The van der Waals surface area contributed by atoms with E-state index in [0.717, 1.165) is 24.1 Å². The van der Waals surface area contributed by atoms with Gasteiger partial charge in [0.2, 0.25) is 0 Å². The summed E-state index contributed by atoms with van der Waals surface area (Å²) >= 11 is 0. The molecule has 0 atom stereocenters. The first-order valence-corrected chi connectivity index (χ1v) is 9.33. The van der Waals surface area contributed by atoms with E-state index in [1.165, 1.54) is 12.7 Å². The molecule has 148 valence electrons. The number of carbonyl (C=O) groups excluding carboxylic acids is 1. The molecule has 0 amide bonds. The van der Waals surface area contributed by atoms with E-state index in [1.54, 1.807) is 0 Å². The number of rotatable bonds is 11. The zero-order valence-corrected chi connectivity index (χ0v) is 17.1. The van der Waals surface area contributed by atoms with Crippen LogP contribution in [0, 0.1) is 0 Å². The number of benzene rings is 1. The lowest BCUT2D eigenvalue weighted by molar-refractivity contribution is -0.142. The monoisotopic (exact) mass is 365 g/mol. The SMILES string of the molecule is CCc1cc(CO)cc(NC(C)(C)CCOC(C)(C)CCC(=O)OC)c1. The minimum atomic E-state index is -0.365. The van der Waals surface area contributed by atoms with Crippen molar-refractivity contribution in [2.24, 2.45) is 0 Å². The fourth-order valence-electron chi connectivity index (χ4n) is 2.74. The van der Waals surface area contributed by atoms with E-state index in [1.807, 2.05) is 26.0 Å². The maximum absolute atomic E-state index is 11.3. The van der Waals surface area contributed by atoms with Crippen molar-refractivity contribution >= 4 is 11.7 Å². The highest BCUT2D eigenvalue weighted by Gasteiger charge is 2.23. The van der Waals surface area contributed by atoms with Crippen LogP contribution in [-0.2, 0) is 27.3 Å². The molecule has 0 saturated carbocycles. The molecule has 1 aromatic carbocycles. The number of hydrogen-bond acceptors (Lipinski definition) is 5. The van der Waals surface area contributed by atoms with Crippen molar-refractivity contribution in [3.8, 4) is 0 Å². The Kier molecular flexibility index (Phi) is 8.57. The Morgan fingerprint density at radius 3 is 2.35 bits per heavy atom. The molecule has 0 aliphatic rings. The largest absolute Gasteiger partial charge is 0.469 e. The second-order valence-corrected chi connectivity index (χ2v) is 7.99. The number of aliphatic hydroxyl groups is 1. The summed E-state index contributed by atoms with van der Waals surface area (Å²) in [5.41, 5.74) is 2.62. The second-order valence-electron chi connectivity index (χ2n) is 7.99. The molecule has 26 heavy (non-hydrogen) atoms. The van der Waals surface area contributed by atoms with Crippen LogP contribution in [0.3, 0.4) is 0 Å². The molecule has 5 heteroatoms. The lowest BCUT2D eigenvalue weighted by Crippen LogP contribution is -2.35. The number of anilines is 1. The van der Waals surface area contributed by atoms with Crippen LogP contribution in [0.1, 0.15) is 65.0 Å². The van der Waals surface area contributed by atoms with E-state index in [2.05, 4.69) is 36.9 Å². The normalized spacial score (nSPS) is 12.1. The van der Waals surface area contributed by atoms with Crippen molar-refractivity contribution in [3.63, 3.8) is 0 Å². The summed E-state index contributed by atoms with van der Waals surface area (Å²) in [7, 11) is 1.40. The third kappa shape index (κ3) is 8.19. The van der Waals surface area contributed by atoms with Gasteiger partial charge in [-0.05, 0) is 70.2 Å². The number of carbonyl (C=O) groups is 1. The van der Waals surface area contributed by atoms with Crippen molar-refractivity contribution in [2.75, 3.05) is 19.0 Å². The lowest BCUT2D eigenvalue weighted by atomic mass is 9.98. The second kappa shape index (κ2) is 9.93. The van der Waals surface area contributed by atoms with Crippen molar-refractivity contribution in [1.82, 2.24) is 0 Å². The zero-order chi connectivity index (χ0) is 19.8. The van der Waals surface area contributed by atoms with Gasteiger partial charge >= 0.3 is 5.97 Å². The van der Waals surface area contributed by atoms with Gasteiger partial charge in [-0.25, -0.2) is 0 Å². The lowest BCUT2D eigenvalue weighted by Gasteiger charge is -2.31. The quantitative estimate of drug-likeness (QED) is 0.579. The summed E-state index contributed by atoms with van der Waals surface area (Å²) in [4.78, 5) is 11.3. The van der Waals surface area contributed by atoms with Gasteiger partial charge in [0.05, 0.1) is 19.3 Å². The molecule has 0 spiro atoms. The van der Waals surface area contributed by atoms with Crippen LogP contribution in [0.5, 0.6) is 0 Å². The van der Waals surface area contributed by atoms with Gasteiger partial charge in [0.25, 0.3) is 0 Å². The number of nitrogens with one attached hydrogen (secondary N) is 1. The molecule has 5 nitrogen and oxygen atoms in total. The highest BCUT2D eigenvalue weighted by atomic mass is 16.5. The summed E-state index contributed by atoms with van der Waals surface area (Å²) in [6.45, 7) is 11.0. The molecule has 0 radical (unpaired) electrons. The maximum Gasteiger partial charge on any atom is 0.305 e. The first kappa shape index (κ1) is 22.5. The van der Waals surface area contributed by atoms with Crippen LogP contribution in [0.25, 0.3) is 0 Å². The Labute approximate surface area is 158 Å². The van der Waals surface area contributed by atoms with Crippen molar-refractivity contribution < 1.29 is 19.4 Å². The molecule has 0 aliphatic carbocycles. The minimum Gasteiger partial charge on any atom is -0.469 e. The van der Waals surface area contributed by atoms with E-state index >= 15 is 0 Å². The van der Waals surface area contributed by atoms with Gasteiger partial charge in [-0.2, -0.15) is 0 Å². The molecule has 0 heterocycles. The third-order valence-electron chi connectivity index (χ3n) is 4.50. The average Bonchev–Trinajstić information content (AvgIpc) is 2.58. The van der Waals surface area contributed by atoms with Gasteiger partial charge in [0.15, 0.2) is 0 Å². The molecular formula is C21H35NO4. The van der Waals surface area contributed by atoms with Gasteiger partial charge in [0.1, 0.15) is 0 Å². The summed E-state index contributed by atoms with van der Waals surface area (Å²) in [5.74, 6) is -0.209. The van der Waals surface area contributed by atoms with E-state index in [-0.39, 0.29) is 23.7 Å². The van der Waals surface area contributed by atoms with E-state index < -0.39 is 0 Å². The van der Waals surface area contributed by atoms with Crippen LogP contribution in [0.15, 0.2) is 18.2 Å². The Morgan fingerprint density at radius 2 is 1.77 bits per heavy atom. The van der Waals surface area contributed by atoms with Crippen LogP contribution in [0.4, 0.5) is 5.69 Å². The summed E-state index contributed by atoms with van der Waals surface area (Å²) in [6.07, 6.45) is 2.74. The summed E-state index contributed by atoms with van der Waals surface area (Å²) < 4.78 is 10.7. The predicted molar refractivity (Wildman–Crippen MR) is 105 cm³/mol. The highest BCUT2D eigenvalue weighted by Crippen LogP contribution is 2.24. The standard InChI is InChI=1S/C21H35NO4/c1-7-16-12-17(15-23)14-18(13-16)22-20(2,3)10-11-26-21(4,5)9-8-19(24)25-6/h12-14,22-23H,7-11,15H2,1-6H3. The Morgan fingerprint density at radius 1 is 1.12 bits per heavy atom. The molecule has 0 saturated heterocycles. The number of esters is 1. The molecule has 0 unspecified atom stereocenters. The third-order valence-corrected chi connectivity index (χ3v) is 4.50. The molecule has 1 aromatic rings. The van der Waals surface area contributed by atoms with Crippen molar-refractivity contribution in [2.45, 2.75) is 78.0 Å². The topological polar surface area (TPSA) is 67.8 Å². The fraction of sp³-hybridized carbons (Fsp3) is 0.667. The van der Waals surface area contributed by atoms with Crippen LogP contribution in [0.2, 0.25) is 0 Å². The summed E-state index contributed by atoms with van der Waals surface area (Å²) in [6, 6.07) is 6.15. The number of ether oxygens (including phenoxy) is 2. The van der Waals surface area contributed by atoms with E-state index in [0.29, 0.717) is 19.4 Å². The molecular weight excluding hydrogens is 330 g/mol. The average molecular weight is 366 g/mol. The first-order valence-electron chi connectivity index (χ1n) is 9.33. The van der Waals surface area contributed by atoms with Crippen LogP contribution >= 0.6 is 0 Å².